The van der Waals surface area contributed by atoms with Crippen molar-refractivity contribution in [1.29, 1.82) is 0 Å². The number of nitrogens with one attached hydrogen (secondary N) is 2. The Hall–Kier alpha value is -1.34. The molecule has 0 spiro atoms. The van der Waals surface area contributed by atoms with Gasteiger partial charge >= 0.3 is 6.18 Å². The topological polar surface area (TPSA) is 41.1 Å². The molecule has 0 aliphatic heterocycles. The number of rotatable bonds is 4. The lowest BCUT2D eigenvalue weighted by Crippen LogP contribution is -2.37. The zero-order chi connectivity index (χ0) is 14.6. The molecule has 0 aliphatic rings. The van der Waals surface area contributed by atoms with Crippen molar-refractivity contribution in [3.63, 3.8) is 0 Å². The summed E-state index contributed by atoms with van der Waals surface area (Å²) in [6, 6.07) is 1.71. The van der Waals surface area contributed by atoms with E-state index < -0.39 is 23.5 Å². The molecule has 8 heteroatoms. The molecule has 0 saturated carbocycles. The molecule has 0 aliphatic carbocycles. The number of alkyl halides is 3. The summed E-state index contributed by atoms with van der Waals surface area (Å²) in [7, 11) is 1.68. The highest BCUT2D eigenvalue weighted by atomic mass is 35.5. The molecular weight excluding hydrogens is 300 g/mol. The molecule has 1 rings (SSSR count). The maximum Gasteiger partial charge on any atom is 0.416 e. The average Bonchev–Trinajstić information content (AvgIpc) is 2.33. The van der Waals surface area contributed by atoms with Crippen LogP contribution < -0.4 is 10.6 Å². The molecule has 0 bridgehead atoms. The van der Waals surface area contributed by atoms with Crippen molar-refractivity contribution in [1.82, 2.24) is 10.6 Å². The molecule has 114 valence electrons. The van der Waals surface area contributed by atoms with Gasteiger partial charge in [0.25, 0.3) is 5.91 Å². The van der Waals surface area contributed by atoms with E-state index in [4.69, 9.17) is 0 Å². The first-order chi connectivity index (χ1) is 8.74. The zero-order valence-electron chi connectivity index (χ0n) is 10.8. The van der Waals surface area contributed by atoms with Crippen LogP contribution in [-0.4, -0.2) is 25.5 Å². The Balaban J connectivity index is 0.00000361. The Morgan fingerprint density at radius 1 is 1.30 bits per heavy atom. The summed E-state index contributed by atoms with van der Waals surface area (Å²) in [6.45, 7) is 2.01. The molecule has 3 nitrogen and oxygen atoms in total. The van der Waals surface area contributed by atoms with Gasteiger partial charge in [-0.25, -0.2) is 4.39 Å². The average molecular weight is 315 g/mol. The third-order valence-electron chi connectivity index (χ3n) is 2.55. The minimum absolute atomic E-state index is 0. The van der Waals surface area contributed by atoms with Crippen molar-refractivity contribution in [3.8, 4) is 0 Å². The Kier molecular flexibility index (Phi) is 6.95. The van der Waals surface area contributed by atoms with E-state index in [1.807, 2.05) is 0 Å². The van der Waals surface area contributed by atoms with E-state index in [1.54, 1.807) is 14.0 Å². The largest absolute Gasteiger partial charge is 0.416 e. The summed E-state index contributed by atoms with van der Waals surface area (Å²) < 4.78 is 50.5. The molecule has 0 aromatic heterocycles. The van der Waals surface area contributed by atoms with Crippen LogP contribution in [0.3, 0.4) is 0 Å². The second-order valence-electron chi connectivity index (χ2n) is 4.13. The van der Waals surface area contributed by atoms with Gasteiger partial charge in [0.1, 0.15) is 5.82 Å². The first kappa shape index (κ1) is 18.7. The number of benzene rings is 1. The lowest BCUT2D eigenvalue weighted by Gasteiger charge is -2.13. The summed E-state index contributed by atoms with van der Waals surface area (Å²) in [4.78, 5) is 11.6. The molecule has 1 aromatic carbocycles. The number of hydrogen-bond donors (Lipinski definition) is 2. The van der Waals surface area contributed by atoms with Crippen LogP contribution >= 0.6 is 12.4 Å². The van der Waals surface area contributed by atoms with Crippen molar-refractivity contribution in [3.05, 3.63) is 35.1 Å². The summed E-state index contributed by atoms with van der Waals surface area (Å²) in [6.07, 6.45) is -4.69. The minimum atomic E-state index is -4.69. The molecule has 1 aromatic rings. The highest BCUT2D eigenvalue weighted by Gasteiger charge is 2.31. The van der Waals surface area contributed by atoms with Gasteiger partial charge in [-0.05, 0) is 32.2 Å². The predicted molar refractivity (Wildman–Crippen MR) is 69.5 cm³/mol. The molecular formula is C12H15ClF4N2O. The maximum atomic E-state index is 13.1. The van der Waals surface area contributed by atoms with Gasteiger partial charge in [0.15, 0.2) is 0 Å². The van der Waals surface area contributed by atoms with E-state index in [2.05, 4.69) is 10.6 Å². The third kappa shape index (κ3) is 5.34. The molecule has 20 heavy (non-hydrogen) atoms. The number of hydrogen-bond acceptors (Lipinski definition) is 2. The van der Waals surface area contributed by atoms with Crippen LogP contribution in [0.2, 0.25) is 0 Å². The van der Waals surface area contributed by atoms with Crippen molar-refractivity contribution in [2.45, 2.75) is 19.1 Å². The van der Waals surface area contributed by atoms with Crippen LogP contribution in [0.5, 0.6) is 0 Å². The molecule has 1 amide bonds. The van der Waals surface area contributed by atoms with Crippen LogP contribution in [0, 0.1) is 5.82 Å². The monoisotopic (exact) mass is 314 g/mol. The van der Waals surface area contributed by atoms with Crippen LogP contribution in [-0.2, 0) is 6.18 Å². The van der Waals surface area contributed by atoms with Crippen molar-refractivity contribution >= 4 is 18.3 Å². The summed E-state index contributed by atoms with van der Waals surface area (Å²) in [5.74, 6) is -1.84. The Morgan fingerprint density at radius 2 is 1.90 bits per heavy atom. The normalized spacial score (nSPS) is 12.5. The lowest BCUT2D eigenvalue weighted by atomic mass is 10.1. The number of carbonyl (C=O) groups is 1. The highest BCUT2D eigenvalue weighted by Crippen LogP contribution is 2.30. The molecule has 1 unspecified atom stereocenters. The molecule has 0 saturated heterocycles. The third-order valence-corrected chi connectivity index (χ3v) is 2.55. The van der Waals surface area contributed by atoms with E-state index in [1.165, 1.54) is 0 Å². The molecule has 1 atom stereocenters. The van der Waals surface area contributed by atoms with Crippen molar-refractivity contribution in [2.24, 2.45) is 0 Å². The summed E-state index contributed by atoms with van der Waals surface area (Å²) >= 11 is 0. The van der Waals surface area contributed by atoms with Gasteiger partial charge in [0, 0.05) is 18.2 Å². The highest BCUT2D eigenvalue weighted by molar-refractivity contribution is 5.94. The lowest BCUT2D eigenvalue weighted by molar-refractivity contribution is -0.137. The van der Waals surface area contributed by atoms with Gasteiger partial charge in [-0.15, -0.1) is 12.4 Å². The Morgan fingerprint density at radius 3 is 2.40 bits per heavy atom. The second-order valence-corrected chi connectivity index (χ2v) is 4.13. The van der Waals surface area contributed by atoms with Gasteiger partial charge in [-0.3, -0.25) is 4.79 Å². The number of carbonyl (C=O) groups excluding carboxylic acids is 1. The predicted octanol–water partition coefficient (Wildman–Crippen LogP) is 2.60. The minimum Gasteiger partial charge on any atom is -0.350 e. The number of halogens is 5. The molecule has 2 N–H and O–H groups in total. The SMILES string of the molecule is CNC(C)CNC(=O)c1cc(F)cc(C(F)(F)F)c1.Cl. The zero-order valence-corrected chi connectivity index (χ0v) is 11.7. The quantitative estimate of drug-likeness (QED) is 0.839. The fraction of sp³-hybridized carbons (Fsp3) is 0.417. The first-order valence-electron chi connectivity index (χ1n) is 5.57. The maximum absolute atomic E-state index is 13.1. The second kappa shape index (κ2) is 7.44. The van der Waals surface area contributed by atoms with Crippen LogP contribution in [0.25, 0.3) is 0 Å². The van der Waals surface area contributed by atoms with Gasteiger partial charge in [-0.1, -0.05) is 0 Å². The summed E-state index contributed by atoms with van der Waals surface area (Å²) in [5.41, 5.74) is -1.53. The molecule has 0 heterocycles. The first-order valence-corrected chi connectivity index (χ1v) is 5.57. The van der Waals surface area contributed by atoms with E-state index in [-0.39, 0.29) is 30.6 Å². The van der Waals surface area contributed by atoms with Crippen molar-refractivity contribution in [2.75, 3.05) is 13.6 Å². The van der Waals surface area contributed by atoms with E-state index >= 15 is 0 Å². The smallest absolute Gasteiger partial charge is 0.350 e. The number of likely N-dealkylation sites (N-methyl/N-ethyl adjacent to an activating group) is 1. The fourth-order valence-electron chi connectivity index (χ4n) is 1.33. The van der Waals surface area contributed by atoms with E-state index in [0.717, 1.165) is 6.07 Å². The Bertz CT molecular complexity index is 465. The number of amides is 1. The van der Waals surface area contributed by atoms with Crippen LogP contribution in [0.4, 0.5) is 17.6 Å². The van der Waals surface area contributed by atoms with Gasteiger partial charge < -0.3 is 10.6 Å². The van der Waals surface area contributed by atoms with Crippen LogP contribution in [0.15, 0.2) is 18.2 Å². The van der Waals surface area contributed by atoms with Gasteiger partial charge in [-0.2, -0.15) is 13.2 Å². The molecule has 0 radical (unpaired) electrons. The van der Waals surface area contributed by atoms with Gasteiger partial charge in [0.05, 0.1) is 5.56 Å². The van der Waals surface area contributed by atoms with E-state index in [0.29, 0.717) is 12.1 Å². The van der Waals surface area contributed by atoms with E-state index in [9.17, 15) is 22.4 Å². The molecule has 0 fully saturated rings. The van der Waals surface area contributed by atoms with Crippen molar-refractivity contribution < 1.29 is 22.4 Å². The van der Waals surface area contributed by atoms with Crippen LogP contribution in [0.1, 0.15) is 22.8 Å². The Labute approximate surface area is 120 Å². The van der Waals surface area contributed by atoms with Gasteiger partial charge in [0.2, 0.25) is 0 Å². The summed E-state index contributed by atoms with van der Waals surface area (Å²) in [5, 5.41) is 5.27. The standard InChI is InChI=1S/C12H14F4N2O.ClH/c1-7(17-2)6-18-11(19)8-3-9(12(14,15)16)5-10(13)4-8;/h3-5,7,17H,6H2,1-2H3,(H,18,19);1H. The fourth-order valence-corrected chi connectivity index (χ4v) is 1.33.